The van der Waals surface area contributed by atoms with Crippen LogP contribution in [-0.2, 0) is 7.05 Å². The number of aromatic amines is 1. The molecule has 0 saturated carbocycles. The zero-order chi connectivity index (χ0) is 8.55. The number of hydrogen-bond donors (Lipinski definition) is 1. The Labute approximate surface area is 68.7 Å². The molecule has 0 aliphatic rings. The Hall–Kier alpha value is -1.72. The van der Waals surface area contributed by atoms with Crippen LogP contribution in [0, 0.1) is 6.92 Å². The molecule has 1 N–H and O–H groups in total. The first-order valence-corrected chi connectivity index (χ1v) is 3.51. The zero-order valence-electron chi connectivity index (χ0n) is 6.81. The maximum atomic E-state index is 4.12. The molecule has 6 nitrogen and oxygen atoms in total. The van der Waals surface area contributed by atoms with Crippen LogP contribution in [0.5, 0.6) is 0 Å². The third-order valence-electron chi connectivity index (χ3n) is 1.51. The van der Waals surface area contributed by atoms with Gasteiger partial charge in [-0.1, -0.05) is 0 Å². The van der Waals surface area contributed by atoms with Crippen molar-refractivity contribution in [2.45, 2.75) is 6.92 Å². The highest BCUT2D eigenvalue weighted by Crippen LogP contribution is 2.07. The molecule has 0 radical (unpaired) electrons. The summed E-state index contributed by atoms with van der Waals surface area (Å²) in [5.74, 6) is 2.01. The fraction of sp³-hybridized carbons (Fsp3) is 0.333. The van der Waals surface area contributed by atoms with Gasteiger partial charge < -0.3 is 0 Å². The molecular formula is C6H8N6. The summed E-state index contributed by atoms with van der Waals surface area (Å²) in [4.78, 5) is 8.13. The lowest BCUT2D eigenvalue weighted by molar-refractivity contribution is 0.768. The van der Waals surface area contributed by atoms with Crippen LogP contribution in [-0.4, -0.2) is 29.9 Å². The Bertz CT molecular complexity index is 386. The maximum Gasteiger partial charge on any atom is 0.218 e. The molecule has 0 fully saturated rings. The Morgan fingerprint density at radius 3 is 2.83 bits per heavy atom. The van der Waals surface area contributed by atoms with Crippen molar-refractivity contribution in [1.29, 1.82) is 0 Å². The van der Waals surface area contributed by atoms with Crippen LogP contribution in [0.25, 0.3) is 11.6 Å². The first-order valence-electron chi connectivity index (χ1n) is 3.51. The molecule has 0 amide bonds. The summed E-state index contributed by atoms with van der Waals surface area (Å²) in [5, 5.41) is 10.6. The topological polar surface area (TPSA) is 72.3 Å². The van der Waals surface area contributed by atoms with Gasteiger partial charge in [0.05, 0.1) is 0 Å². The van der Waals surface area contributed by atoms with Gasteiger partial charge in [-0.25, -0.2) is 14.6 Å². The zero-order valence-corrected chi connectivity index (χ0v) is 6.81. The van der Waals surface area contributed by atoms with E-state index in [1.54, 1.807) is 11.7 Å². The van der Waals surface area contributed by atoms with Crippen molar-refractivity contribution < 1.29 is 0 Å². The Kier molecular flexibility index (Phi) is 1.39. The fourth-order valence-corrected chi connectivity index (χ4v) is 0.941. The van der Waals surface area contributed by atoms with Crippen molar-refractivity contribution in [2.75, 3.05) is 0 Å². The SMILES string of the molecule is Cc1nc(-c2ncnn2C)n[nH]1. The van der Waals surface area contributed by atoms with Gasteiger partial charge in [0.15, 0.2) is 5.82 Å². The normalized spacial score (nSPS) is 10.5. The Balaban J connectivity index is 2.50. The van der Waals surface area contributed by atoms with Crippen LogP contribution in [0.1, 0.15) is 5.82 Å². The summed E-state index contributed by atoms with van der Waals surface area (Å²) in [7, 11) is 1.80. The number of nitrogens with zero attached hydrogens (tertiary/aromatic N) is 5. The highest BCUT2D eigenvalue weighted by atomic mass is 15.3. The third kappa shape index (κ3) is 0.969. The van der Waals surface area contributed by atoms with Gasteiger partial charge in [-0.15, -0.1) is 0 Å². The molecule has 62 valence electrons. The number of H-pyrrole nitrogens is 1. The molecule has 0 atom stereocenters. The van der Waals surface area contributed by atoms with Gasteiger partial charge in [-0.2, -0.15) is 10.2 Å². The fourth-order valence-electron chi connectivity index (χ4n) is 0.941. The smallest absolute Gasteiger partial charge is 0.218 e. The lowest BCUT2D eigenvalue weighted by atomic mass is 10.6. The molecule has 0 saturated heterocycles. The summed E-state index contributed by atoms with van der Waals surface area (Å²) >= 11 is 0. The summed E-state index contributed by atoms with van der Waals surface area (Å²) in [6.07, 6.45) is 1.47. The third-order valence-corrected chi connectivity index (χ3v) is 1.51. The van der Waals surface area contributed by atoms with Crippen LogP contribution in [0.2, 0.25) is 0 Å². The summed E-state index contributed by atoms with van der Waals surface area (Å²) in [6, 6.07) is 0. The van der Waals surface area contributed by atoms with Crippen molar-refractivity contribution in [1.82, 2.24) is 29.9 Å². The van der Waals surface area contributed by atoms with E-state index in [-0.39, 0.29) is 0 Å². The van der Waals surface area contributed by atoms with E-state index < -0.39 is 0 Å². The molecule has 0 bridgehead atoms. The van der Waals surface area contributed by atoms with E-state index in [9.17, 15) is 0 Å². The van der Waals surface area contributed by atoms with Crippen molar-refractivity contribution in [3.63, 3.8) is 0 Å². The van der Waals surface area contributed by atoms with E-state index in [4.69, 9.17) is 0 Å². The molecule has 0 aromatic carbocycles. The monoisotopic (exact) mass is 164 g/mol. The standard InChI is InChI=1S/C6H8N6/c1-4-9-5(11-10-4)6-7-3-8-12(6)2/h3H,1-2H3,(H,9,10,11). The minimum Gasteiger partial charge on any atom is -0.263 e. The highest BCUT2D eigenvalue weighted by molar-refractivity contribution is 5.41. The second-order valence-electron chi connectivity index (χ2n) is 2.45. The second-order valence-corrected chi connectivity index (χ2v) is 2.45. The van der Waals surface area contributed by atoms with Crippen LogP contribution in [0.4, 0.5) is 0 Å². The lowest BCUT2D eigenvalue weighted by Crippen LogP contribution is -1.95. The Morgan fingerprint density at radius 2 is 2.33 bits per heavy atom. The first kappa shape index (κ1) is 6.96. The van der Waals surface area contributed by atoms with Gasteiger partial charge >= 0.3 is 0 Å². The highest BCUT2D eigenvalue weighted by Gasteiger charge is 2.08. The number of hydrogen-bond acceptors (Lipinski definition) is 4. The molecule has 6 heteroatoms. The summed E-state index contributed by atoms with van der Waals surface area (Å²) in [6.45, 7) is 1.84. The van der Waals surface area contributed by atoms with Crippen molar-refractivity contribution in [3.05, 3.63) is 12.2 Å². The summed E-state index contributed by atoms with van der Waals surface area (Å²) < 4.78 is 1.63. The number of aryl methyl sites for hydroxylation is 2. The van der Waals surface area contributed by atoms with Crippen molar-refractivity contribution in [3.8, 4) is 11.6 Å². The molecule has 0 unspecified atom stereocenters. The van der Waals surface area contributed by atoms with Gasteiger partial charge in [-0.3, -0.25) is 5.10 Å². The van der Waals surface area contributed by atoms with Gasteiger partial charge in [0.1, 0.15) is 12.2 Å². The maximum absolute atomic E-state index is 4.12. The average molecular weight is 164 g/mol. The van der Waals surface area contributed by atoms with E-state index in [1.807, 2.05) is 6.92 Å². The predicted octanol–water partition coefficient (Wildman–Crippen LogP) is -0.0914. The predicted molar refractivity (Wildman–Crippen MR) is 41.1 cm³/mol. The molecule has 12 heavy (non-hydrogen) atoms. The average Bonchev–Trinajstić information content (AvgIpc) is 2.58. The van der Waals surface area contributed by atoms with Gasteiger partial charge in [0, 0.05) is 7.05 Å². The largest absolute Gasteiger partial charge is 0.263 e. The minimum absolute atomic E-state index is 0.576. The molecule has 2 aromatic rings. The number of nitrogens with one attached hydrogen (secondary N) is 1. The molecule has 0 aliphatic carbocycles. The van der Waals surface area contributed by atoms with Gasteiger partial charge in [0.25, 0.3) is 0 Å². The quantitative estimate of drug-likeness (QED) is 0.639. The molecular weight excluding hydrogens is 156 g/mol. The Morgan fingerprint density at radius 1 is 1.50 bits per heavy atom. The molecule has 2 heterocycles. The molecule has 0 aliphatic heterocycles. The second kappa shape index (κ2) is 2.40. The first-order chi connectivity index (χ1) is 5.77. The van der Waals surface area contributed by atoms with E-state index in [0.717, 1.165) is 5.82 Å². The summed E-state index contributed by atoms with van der Waals surface area (Å²) in [5.41, 5.74) is 0. The number of aromatic nitrogens is 6. The number of rotatable bonds is 1. The minimum atomic E-state index is 0.576. The van der Waals surface area contributed by atoms with E-state index in [1.165, 1.54) is 6.33 Å². The van der Waals surface area contributed by atoms with E-state index >= 15 is 0 Å². The van der Waals surface area contributed by atoms with Crippen molar-refractivity contribution in [2.24, 2.45) is 7.05 Å². The van der Waals surface area contributed by atoms with Crippen molar-refractivity contribution >= 4 is 0 Å². The van der Waals surface area contributed by atoms with Crippen LogP contribution in [0.3, 0.4) is 0 Å². The van der Waals surface area contributed by atoms with Gasteiger partial charge in [0.2, 0.25) is 5.82 Å². The molecule has 0 spiro atoms. The lowest BCUT2D eigenvalue weighted by Gasteiger charge is -1.90. The molecule has 2 aromatic heterocycles. The molecule has 2 rings (SSSR count). The van der Waals surface area contributed by atoms with E-state index in [0.29, 0.717) is 11.6 Å². The van der Waals surface area contributed by atoms with Gasteiger partial charge in [-0.05, 0) is 6.92 Å². The van der Waals surface area contributed by atoms with E-state index in [2.05, 4.69) is 25.3 Å². The van der Waals surface area contributed by atoms with Crippen LogP contribution < -0.4 is 0 Å². The van der Waals surface area contributed by atoms with Crippen LogP contribution in [0.15, 0.2) is 6.33 Å². The van der Waals surface area contributed by atoms with Crippen LogP contribution >= 0.6 is 0 Å².